The highest BCUT2D eigenvalue weighted by Crippen LogP contribution is 2.15. The van der Waals surface area contributed by atoms with Crippen LogP contribution >= 0.6 is 0 Å². The molecule has 0 rings (SSSR count). The lowest BCUT2D eigenvalue weighted by Gasteiger charge is -2.33. The second-order valence-electron chi connectivity index (χ2n) is 4.87. The third-order valence-electron chi connectivity index (χ3n) is 2.54. The quantitative estimate of drug-likeness (QED) is 0.559. The molecule has 1 unspecified atom stereocenters. The molecule has 0 spiro atoms. The molecule has 0 amide bonds. The van der Waals surface area contributed by atoms with Crippen LogP contribution in [0.1, 0.15) is 20.8 Å². The van der Waals surface area contributed by atoms with Crippen LogP contribution in [-0.2, 0) is 14.3 Å². The van der Waals surface area contributed by atoms with Gasteiger partial charge < -0.3 is 14.3 Å². The zero-order valence-corrected chi connectivity index (χ0v) is 11.2. The Morgan fingerprint density at radius 2 is 1.94 bits per heavy atom. The maximum atomic E-state index is 10.9. The maximum absolute atomic E-state index is 10.9. The van der Waals surface area contributed by atoms with Crippen molar-refractivity contribution in [3.63, 3.8) is 0 Å². The van der Waals surface area contributed by atoms with Gasteiger partial charge in [-0.25, -0.2) is 0 Å². The van der Waals surface area contributed by atoms with E-state index in [1.165, 1.54) is 0 Å². The minimum Gasteiger partial charge on any atom is -0.383 e. The standard InChI is InChI=1S/C12H25NO3/c1-11(8-16-5)13(6-7-15-4)9-12(2,3)10-14/h10-11H,6-9H2,1-5H3. The molecule has 0 radical (unpaired) electrons. The Labute approximate surface area is 98.9 Å². The number of aldehydes is 1. The predicted octanol–water partition coefficient (Wildman–Crippen LogP) is 1.19. The fraction of sp³-hybridized carbons (Fsp3) is 0.917. The fourth-order valence-electron chi connectivity index (χ4n) is 1.57. The molecule has 0 aliphatic carbocycles. The molecular formula is C12H25NO3. The van der Waals surface area contributed by atoms with Crippen molar-refractivity contribution < 1.29 is 14.3 Å². The summed E-state index contributed by atoms with van der Waals surface area (Å²) in [6, 6.07) is 0.291. The molecule has 0 bridgehead atoms. The van der Waals surface area contributed by atoms with E-state index in [0.717, 1.165) is 19.4 Å². The summed E-state index contributed by atoms with van der Waals surface area (Å²) in [5.74, 6) is 0. The SMILES string of the molecule is COCCN(CC(C)(C)C=O)C(C)COC. The van der Waals surface area contributed by atoms with E-state index in [1.807, 2.05) is 13.8 Å². The van der Waals surface area contributed by atoms with Crippen molar-refractivity contribution in [2.24, 2.45) is 5.41 Å². The Bertz CT molecular complexity index is 195. The summed E-state index contributed by atoms with van der Waals surface area (Å²) in [4.78, 5) is 13.2. The number of carbonyl (C=O) groups is 1. The average molecular weight is 231 g/mol. The van der Waals surface area contributed by atoms with Crippen LogP contribution in [0.25, 0.3) is 0 Å². The molecule has 0 N–H and O–H groups in total. The van der Waals surface area contributed by atoms with Gasteiger partial charge in [-0.1, -0.05) is 13.8 Å². The van der Waals surface area contributed by atoms with Crippen molar-refractivity contribution in [2.75, 3.05) is 40.5 Å². The van der Waals surface area contributed by atoms with Gasteiger partial charge in [-0.15, -0.1) is 0 Å². The third kappa shape index (κ3) is 6.20. The lowest BCUT2D eigenvalue weighted by atomic mass is 9.94. The van der Waals surface area contributed by atoms with Crippen molar-refractivity contribution in [1.29, 1.82) is 0 Å². The molecule has 0 aromatic carbocycles. The van der Waals surface area contributed by atoms with E-state index in [-0.39, 0.29) is 5.41 Å². The average Bonchev–Trinajstić information content (AvgIpc) is 2.24. The van der Waals surface area contributed by atoms with Crippen molar-refractivity contribution >= 4 is 6.29 Å². The minimum atomic E-state index is -0.324. The first kappa shape index (κ1) is 15.6. The number of ether oxygens (including phenoxy) is 2. The zero-order chi connectivity index (χ0) is 12.6. The molecule has 96 valence electrons. The molecule has 1 atom stereocenters. The van der Waals surface area contributed by atoms with Gasteiger partial charge in [-0.3, -0.25) is 4.90 Å². The number of methoxy groups -OCH3 is 2. The summed E-state index contributed by atoms with van der Waals surface area (Å²) in [7, 11) is 3.37. The highest BCUT2D eigenvalue weighted by molar-refractivity contribution is 5.58. The molecule has 0 fully saturated rings. The molecular weight excluding hydrogens is 206 g/mol. The van der Waals surface area contributed by atoms with Crippen LogP contribution in [0.15, 0.2) is 0 Å². The van der Waals surface area contributed by atoms with E-state index in [4.69, 9.17) is 9.47 Å². The Kier molecular flexibility index (Phi) is 7.55. The van der Waals surface area contributed by atoms with E-state index >= 15 is 0 Å². The van der Waals surface area contributed by atoms with Gasteiger partial charge in [-0.05, 0) is 6.92 Å². The van der Waals surface area contributed by atoms with Gasteiger partial charge in [-0.2, -0.15) is 0 Å². The van der Waals surface area contributed by atoms with Gasteiger partial charge in [0.1, 0.15) is 6.29 Å². The maximum Gasteiger partial charge on any atom is 0.126 e. The third-order valence-corrected chi connectivity index (χ3v) is 2.54. The normalized spacial score (nSPS) is 14.1. The van der Waals surface area contributed by atoms with Crippen LogP contribution in [0.5, 0.6) is 0 Å². The van der Waals surface area contributed by atoms with E-state index < -0.39 is 0 Å². The van der Waals surface area contributed by atoms with Gasteiger partial charge in [0, 0.05) is 38.8 Å². The highest BCUT2D eigenvalue weighted by atomic mass is 16.5. The number of hydrogen-bond donors (Lipinski definition) is 0. The van der Waals surface area contributed by atoms with Gasteiger partial charge >= 0.3 is 0 Å². The zero-order valence-electron chi connectivity index (χ0n) is 11.2. The second kappa shape index (κ2) is 7.76. The summed E-state index contributed by atoms with van der Waals surface area (Å²) >= 11 is 0. The van der Waals surface area contributed by atoms with Crippen molar-refractivity contribution in [2.45, 2.75) is 26.8 Å². The number of carbonyl (C=O) groups excluding carboxylic acids is 1. The highest BCUT2D eigenvalue weighted by Gasteiger charge is 2.24. The molecule has 0 saturated heterocycles. The molecule has 0 saturated carbocycles. The molecule has 0 aromatic heterocycles. The minimum absolute atomic E-state index is 0.291. The van der Waals surface area contributed by atoms with Gasteiger partial charge in [0.05, 0.1) is 13.2 Å². The Morgan fingerprint density at radius 3 is 2.38 bits per heavy atom. The molecule has 0 aliphatic rings. The molecule has 4 heteroatoms. The smallest absolute Gasteiger partial charge is 0.126 e. The van der Waals surface area contributed by atoms with Gasteiger partial charge in [0.25, 0.3) is 0 Å². The van der Waals surface area contributed by atoms with Crippen LogP contribution in [0.2, 0.25) is 0 Å². The summed E-state index contributed by atoms with van der Waals surface area (Å²) in [6.45, 7) is 8.86. The summed E-state index contributed by atoms with van der Waals surface area (Å²) in [5, 5.41) is 0. The van der Waals surface area contributed by atoms with Crippen LogP contribution in [0.4, 0.5) is 0 Å². The number of nitrogens with zero attached hydrogens (tertiary/aromatic N) is 1. The lowest BCUT2D eigenvalue weighted by molar-refractivity contribution is -0.116. The first-order valence-electron chi connectivity index (χ1n) is 5.65. The number of hydrogen-bond acceptors (Lipinski definition) is 4. The van der Waals surface area contributed by atoms with E-state index in [2.05, 4.69) is 11.8 Å². The van der Waals surface area contributed by atoms with E-state index in [1.54, 1.807) is 14.2 Å². The second-order valence-corrected chi connectivity index (χ2v) is 4.87. The predicted molar refractivity (Wildman–Crippen MR) is 64.6 cm³/mol. The van der Waals surface area contributed by atoms with Crippen LogP contribution in [-0.4, -0.2) is 57.8 Å². The van der Waals surface area contributed by atoms with Crippen molar-refractivity contribution in [3.8, 4) is 0 Å². The monoisotopic (exact) mass is 231 g/mol. The van der Waals surface area contributed by atoms with Gasteiger partial charge in [0.2, 0.25) is 0 Å². The lowest BCUT2D eigenvalue weighted by Crippen LogP contribution is -2.44. The molecule has 0 heterocycles. The summed E-state index contributed by atoms with van der Waals surface area (Å²) < 4.78 is 10.2. The topological polar surface area (TPSA) is 38.8 Å². The molecule has 0 aliphatic heterocycles. The largest absolute Gasteiger partial charge is 0.383 e. The summed E-state index contributed by atoms with van der Waals surface area (Å²) in [5.41, 5.74) is -0.324. The molecule has 4 nitrogen and oxygen atoms in total. The van der Waals surface area contributed by atoms with Crippen LogP contribution in [0.3, 0.4) is 0 Å². The number of rotatable bonds is 9. The van der Waals surface area contributed by atoms with Crippen LogP contribution < -0.4 is 0 Å². The van der Waals surface area contributed by atoms with E-state index in [9.17, 15) is 4.79 Å². The van der Waals surface area contributed by atoms with Gasteiger partial charge in [0.15, 0.2) is 0 Å². The molecule has 16 heavy (non-hydrogen) atoms. The Balaban J connectivity index is 4.35. The summed E-state index contributed by atoms with van der Waals surface area (Å²) in [6.07, 6.45) is 1.01. The van der Waals surface area contributed by atoms with Crippen LogP contribution in [0, 0.1) is 5.41 Å². The first-order valence-corrected chi connectivity index (χ1v) is 5.65. The first-order chi connectivity index (χ1) is 7.46. The fourth-order valence-corrected chi connectivity index (χ4v) is 1.57. The Hall–Kier alpha value is -0.450. The Morgan fingerprint density at radius 1 is 1.31 bits per heavy atom. The van der Waals surface area contributed by atoms with E-state index in [0.29, 0.717) is 19.3 Å². The van der Waals surface area contributed by atoms with Crippen molar-refractivity contribution in [1.82, 2.24) is 4.90 Å². The van der Waals surface area contributed by atoms with Crippen molar-refractivity contribution in [3.05, 3.63) is 0 Å². The molecule has 0 aromatic rings.